The molecular weight excluding hydrogens is 302 g/mol. The van der Waals surface area contributed by atoms with Crippen LogP contribution in [0, 0.1) is 0 Å². The molecule has 0 spiro atoms. The van der Waals surface area contributed by atoms with Crippen molar-refractivity contribution in [2.45, 2.75) is 19.9 Å². The third kappa shape index (κ3) is 3.65. The second-order valence-electron chi connectivity index (χ2n) is 5.60. The largest absolute Gasteiger partial charge is 0.357 e. The van der Waals surface area contributed by atoms with Crippen LogP contribution in [0.15, 0.2) is 48.2 Å². The Balaban J connectivity index is 1.78. The number of aromatic nitrogens is 3. The summed E-state index contributed by atoms with van der Waals surface area (Å²) in [6.07, 6.45) is 6.64. The fourth-order valence-electron chi connectivity index (χ4n) is 2.44. The van der Waals surface area contributed by atoms with Crippen molar-refractivity contribution < 1.29 is 4.79 Å². The number of amides is 1. The number of allylic oxidation sites excluding steroid dienone is 4. The number of nitrogens with one attached hydrogen (secondary N) is 2. The summed E-state index contributed by atoms with van der Waals surface area (Å²) < 4.78 is 0. The minimum Gasteiger partial charge on any atom is -0.357 e. The molecule has 6 nitrogen and oxygen atoms in total. The molecule has 2 aromatic heterocycles. The van der Waals surface area contributed by atoms with Crippen LogP contribution in [0.5, 0.6) is 0 Å². The number of nitrogens with zero attached hydrogens (tertiary/aromatic N) is 3. The summed E-state index contributed by atoms with van der Waals surface area (Å²) in [4.78, 5) is 25.3. The first-order valence-corrected chi connectivity index (χ1v) is 7.77. The molecule has 0 bridgehead atoms. The van der Waals surface area contributed by atoms with Crippen molar-refractivity contribution in [3.05, 3.63) is 65.3 Å². The fraction of sp³-hybridized carbons (Fsp3) is 0.222. The molecule has 0 saturated carbocycles. The van der Waals surface area contributed by atoms with Gasteiger partial charge in [0, 0.05) is 13.2 Å². The van der Waals surface area contributed by atoms with E-state index in [-0.39, 0.29) is 5.91 Å². The highest BCUT2D eigenvalue weighted by atomic mass is 16.1. The van der Waals surface area contributed by atoms with Crippen molar-refractivity contribution in [2.75, 3.05) is 12.4 Å². The molecule has 1 amide bonds. The summed E-state index contributed by atoms with van der Waals surface area (Å²) in [6, 6.07) is 7.32. The lowest BCUT2D eigenvalue weighted by molar-refractivity contribution is 0.0945. The van der Waals surface area contributed by atoms with Gasteiger partial charge in [0.1, 0.15) is 5.69 Å². The molecule has 6 heteroatoms. The van der Waals surface area contributed by atoms with E-state index in [2.05, 4.69) is 38.6 Å². The van der Waals surface area contributed by atoms with Gasteiger partial charge in [-0.1, -0.05) is 23.8 Å². The van der Waals surface area contributed by atoms with E-state index in [9.17, 15) is 4.79 Å². The van der Waals surface area contributed by atoms with Crippen molar-refractivity contribution in [1.29, 1.82) is 0 Å². The number of hydrogen-bond donors (Lipinski definition) is 2. The van der Waals surface area contributed by atoms with Crippen LogP contribution in [0.25, 0.3) is 5.57 Å². The quantitative estimate of drug-likeness (QED) is 0.885. The molecule has 2 aromatic rings. The van der Waals surface area contributed by atoms with Crippen LogP contribution in [0.3, 0.4) is 0 Å². The minimum absolute atomic E-state index is 0.246. The Morgan fingerprint density at radius 2 is 2.12 bits per heavy atom. The minimum atomic E-state index is -0.246. The number of carbonyl (C=O) groups is 1. The summed E-state index contributed by atoms with van der Waals surface area (Å²) in [6.45, 7) is 2.43. The summed E-state index contributed by atoms with van der Waals surface area (Å²) in [5.41, 5.74) is 4.27. The van der Waals surface area contributed by atoms with Crippen molar-refractivity contribution in [3.8, 4) is 0 Å². The van der Waals surface area contributed by atoms with E-state index >= 15 is 0 Å². The SMILES string of the molecule is CNc1nc(C(=O)NCc2ccccn2)cc(C2=CC=C(C)C2)n1. The lowest BCUT2D eigenvalue weighted by Crippen LogP contribution is -2.25. The highest BCUT2D eigenvalue weighted by Crippen LogP contribution is 2.27. The van der Waals surface area contributed by atoms with Gasteiger partial charge < -0.3 is 10.6 Å². The van der Waals surface area contributed by atoms with Gasteiger partial charge in [-0.15, -0.1) is 0 Å². The molecule has 0 saturated heterocycles. The highest BCUT2D eigenvalue weighted by Gasteiger charge is 2.15. The normalized spacial score (nSPS) is 13.2. The highest BCUT2D eigenvalue weighted by molar-refractivity contribution is 5.93. The van der Waals surface area contributed by atoms with Gasteiger partial charge in [0.25, 0.3) is 5.91 Å². The molecule has 0 radical (unpaired) electrons. The van der Waals surface area contributed by atoms with Gasteiger partial charge in [-0.2, -0.15) is 0 Å². The molecule has 2 N–H and O–H groups in total. The molecule has 122 valence electrons. The first kappa shape index (κ1) is 15.9. The molecule has 24 heavy (non-hydrogen) atoms. The standard InChI is InChI=1S/C18H19N5O/c1-12-6-7-13(9-12)15-10-16(23-18(19-2)22-15)17(24)21-11-14-5-3-4-8-20-14/h3-8,10H,9,11H2,1-2H3,(H,21,24)(H,19,22,23). The third-order valence-corrected chi connectivity index (χ3v) is 3.71. The zero-order chi connectivity index (χ0) is 16.9. The van der Waals surface area contributed by atoms with Crippen LogP contribution < -0.4 is 10.6 Å². The molecule has 1 aliphatic rings. The van der Waals surface area contributed by atoms with Crippen LogP contribution in [0.1, 0.15) is 35.2 Å². The van der Waals surface area contributed by atoms with E-state index in [1.54, 1.807) is 19.3 Å². The van der Waals surface area contributed by atoms with E-state index in [1.165, 1.54) is 5.57 Å². The Labute approximate surface area is 140 Å². The van der Waals surface area contributed by atoms with Gasteiger partial charge in [0.05, 0.1) is 17.9 Å². The maximum Gasteiger partial charge on any atom is 0.270 e. The molecule has 1 aliphatic carbocycles. The second kappa shape index (κ2) is 7.04. The lowest BCUT2D eigenvalue weighted by atomic mass is 10.1. The molecule has 0 aliphatic heterocycles. The molecule has 0 fully saturated rings. The molecule has 0 aromatic carbocycles. The van der Waals surface area contributed by atoms with E-state index in [0.717, 1.165) is 23.4 Å². The maximum atomic E-state index is 12.4. The summed E-state index contributed by atoms with van der Waals surface area (Å²) in [5.74, 6) is 0.185. The Morgan fingerprint density at radius 3 is 2.79 bits per heavy atom. The number of carbonyl (C=O) groups excluding carboxylic acids is 1. The summed E-state index contributed by atoms with van der Waals surface area (Å²) >= 11 is 0. The second-order valence-corrected chi connectivity index (χ2v) is 5.60. The maximum absolute atomic E-state index is 12.4. The van der Waals surface area contributed by atoms with Crippen LogP contribution in [0.2, 0.25) is 0 Å². The average molecular weight is 321 g/mol. The summed E-state index contributed by atoms with van der Waals surface area (Å²) in [5, 5.41) is 5.75. The smallest absolute Gasteiger partial charge is 0.270 e. The Kier molecular flexibility index (Phi) is 4.65. The number of hydrogen-bond acceptors (Lipinski definition) is 5. The van der Waals surface area contributed by atoms with E-state index in [0.29, 0.717) is 18.2 Å². The Morgan fingerprint density at radius 1 is 1.25 bits per heavy atom. The van der Waals surface area contributed by atoms with Gasteiger partial charge in [-0.25, -0.2) is 9.97 Å². The predicted molar refractivity (Wildman–Crippen MR) is 93.3 cm³/mol. The Bertz CT molecular complexity index is 811. The van der Waals surface area contributed by atoms with Crippen LogP contribution in [-0.4, -0.2) is 27.9 Å². The number of rotatable bonds is 5. The van der Waals surface area contributed by atoms with Crippen LogP contribution >= 0.6 is 0 Å². The molecule has 0 atom stereocenters. The molecule has 2 heterocycles. The van der Waals surface area contributed by atoms with E-state index in [4.69, 9.17) is 0 Å². The third-order valence-electron chi connectivity index (χ3n) is 3.71. The van der Waals surface area contributed by atoms with Crippen molar-refractivity contribution in [1.82, 2.24) is 20.3 Å². The van der Waals surface area contributed by atoms with Crippen molar-refractivity contribution >= 4 is 17.4 Å². The number of pyridine rings is 1. The first-order valence-electron chi connectivity index (χ1n) is 7.77. The summed E-state index contributed by atoms with van der Waals surface area (Å²) in [7, 11) is 1.74. The topological polar surface area (TPSA) is 79.8 Å². The average Bonchev–Trinajstić information content (AvgIpc) is 3.06. The monoisotopic (exact) mass is 321 g/mol. The van der Waals surface area contributed by atoms with Crippen LogP contribution in [0.4, 0.5) is 5.95 Å². The predicted octanol–water partition coefficient (Wildman–Crippen LogP) is 2.58. The van der Waals surface area contributed by atoms with Gasteiger partial charge in [-0.05, 0) is 37.1 Å². The first-order chi connectivity index (χ1) is 11.7. The molecular formula is C18H19N5O. The fourth-order valence-corrected chi connectivity index (χ4v) is 2.44. The van der Waals surface area contributed by atoms with Gasteiger partial charge in [0.2, 0.25) is 5.95 Å². The van der Waals surface area contributed by atoms with Gasteiger partial charge in [-0.3, -0.25) is 9.78 Å². The zero-order valence-electron chi connectivity index (χ0n) is 13.7. The molecule has 0 unspecified atom stereocenters. The van der Waals surface area contributed by atoms with E-state index in [1.807, 2.05) is 24.3 Å². The van der Waals surface area contributed by atoms with E-state index < -0.39 is 0 Å². The van der Waals surface area contributed by atoms with Gasteiger partial charge >= 0.3 is 0 Å². The van der Waals surface area contributed by atoms with Gasteiger partial charge in [0.15, 0.2) is 0 Å². The zero-order valence-corrected chi connectivity index (χ0v) is 13.7. The lowest BCUT2D eigenvalue weighted by Gasteiger charge is -2.09. The van der Waals surface area contributed by atoms with Crippen LogP contribution in [-0.2, 0) is 6.54 Å². The van der Waals surface area contributed by atoms with Crippen molar-refractivity contribution in [3.63, 3.8) is 0 Å². The Hall–Kier alpha value is -3.02. The molecule has 3 rings (SSSR count). The van der Waals surface area contributed by atoms with Crippen molar-refractivity contribution in [2.24, 2.45) is 0 Å². The number of anilines is 1.